The first-order valence-corrected chi connectivity index (χ1v) is 8.97. The number of hydrogen-bond acceptors (Lipinski definition) is 4. The maximum Gasteiger partial charge on any atom is 0.115 e. The van der Waals surface area contributed by atoms with Gasteiger partial charge in [0.05, 0.1) is 11.4 Å². The van der Waals surface area contributed by atoms with E-state index >= 15 is 0 Å². The van der Waals surface area contributed by atoms with Crippen molar-refractivity contribution in [3.05, 3.63) is 90.0 Å². The first kappa shape index (κ1) is 19.1. The predicted octanol–water partition coefficient (Wildman–Crippen LogP) is 6.07. The van der Waals surface area contributed by atoms with Crippen LogP contribution in [0.25, 0.3) is 6.08 Å². The van der Waals surface area contributed by atoms with Crippen molar-refractivity contribution in [2.45, 2.75) is 13.8 Å². The van der Waals surface area contributed by atoms with Gasteiger partial charge < -0.3 is 10.2 Å². The zero-order chi connectivity index (χ0) is 19.9. The quantitative estimate of drug-likeness (QED) is 0.536. The summed E-state index contributed by atoms with van der Waals surface area (Å²) in [5.74, 6) is 0.420. The number of hydrogen-bond donors (Lipinski definition) is 2. The molecule has 0 saturated heterocycles. The van der Waals surface area contributed by atoms with Gasteiger partial charge in [0.25, 0.3) is 0 Å². The second kappa shape index (κ2) is 8.82. The Bertz CT molecular complexity index is 953. The van der Waals surface area contributed by atoms with Gasteiger partial charge in [0.1, 0.15) is 11.5 Å². The van der Waals surface area contributed by atoms with Crippen LogP contribution in [0, 0.1) is 0 Å². The fraction of sp³-hybridized carbons (Fsp3) is 0.0833. The van der Waals surface area contributed by atoms with Gasteiger partial charge in [0.15, 0.2) is 0 Å². The average Bonchev–Trinajstić information content (AvgIpc) is 2.70. The van der Waals surface area contributed by atoms with Gasteiger partial charge in [-0.1, -0.05) is 30.3 Å². The number of benzene rings is 3. The zero-order valence-corrected chi connectivity index (χ0v) is 15.9. The summed E-state index contributed by atoms with van der Waals surface area (Å²) in [6, 6.07) is 23.6. The van der Waals surface area contributed by atoms with E-state index in [0.717, 1.165) is 33.9 Å². The van der Waals surface area contributed by atoms with Crippen molar-refractivity contribution in [3.63, 3.8) is 0 Å². The van der Waals surface area contributed by atoms with Gasteiger partial charge in [0, 0.05) is 17.0 Å². The van der Waals surface area contributed by atoms with Crippen molar-refractivity contribution in [1.29, 1.82) is 0 Å². The smallest absolute Gasteiger partial charge is 0.115 e. The van der Waals surface area contributed by atoms with Crippen LogP contribution in [0.4, 0.5) is 11.4 Å². The lowest BCUT2D eigenvalue weighted by Crippen LogP contribution is -2.07. The summed E-state index contributed by atoms with van der Waals surface area (Å²) in [5, 5.41) is 18.9. The predicted molar refractivity (Wildman–Crippen MR) is 116 cm³/mol. The monoisotopic (exact) mass is 370 g/mol. The molecule has 0 aliphatic heterocycles. The molecule has 0 radical (unpaired) electrons. The highest BCUT2D eigenvalue weighted by molar-refractivity contribution is 6.26. The van der Waals surface area contributed by atoms with Crippen molar-refractivity contribution < 1.29 is 10.2 Å². The molecule has 0 amide bonds. The highest BCUT2D eigenvalue weighted by atomic mass is 16.3. The van der Waals surface area contributed by atoms with E-state index in [1.807, 2.05) is 44.2 Å². The third-order valence-electron chi connectivity index (χ3n) is 4.18. The number of phenols is 2. The third kappa shape index (κ3) is 5.17. The van der Waals surface area contributed by atoms with Crippen molar-refractivity contribution in [3.8, 4) is 11.5 Å². The van der Waals surface area contributed by atoms with Crippen molar-refractivity contribution in [1.82, 2.24) is 0 Å². The van der Waals surface area contributed by atoms with Crippen LogP contribution in [0.1, 0.15) is 19.4 Å². The molecular weight excluding hydrogens is 348 g/mol. The fourth-order valence-electron chi connectivity index (χ4n) is 2.75. The van der Waals surface area contributed by atoms with E-state index in [9.17, 15) is 10.2 Å². The fourth-order valence-corrected chi connectivity index (χ4v) is 2.75. The van der Waals surface area contributed by atoms with E-state index in [-0.39, 0.29) is 11.5 Å². The number of aliphatic imine (C=N–C) groups is 2. The van der Waals surface area contributed by atoms with Gasteiger partial charge in [0.2, 0.25) is 0 Å². The summed E-state index contributed by atoms with van der Waals surface area (Å²) in [4.78, 5) is 9.38. The molecule has 0 atom stereocenters. The Morgan fingerprint density at radius 1 is 0.643 bits per heavy atom. The van der Waals surface area contributed by atoms with Crippen molar-refractivity contribution in [2.75, 3.05) is 0 Å². The van der Waals surface area contributed by atoms with Crippen molar-refractivity contribution >= 4 is 28.9 Å². The molecule has 28 heavy (non-hydrogen) atoms. The lowest BCUT2D eigenvalue weighted by Gasteiger charge is -2.09. The Labute approximate surface area is 164 Å². The minimum atomic E-state index is 0.210. The summed E-state index contributed by atoms with van der Waals surface area (Å²) in [7, 11) is 0. The van der Waals surface area contributed by atoms with E-state index in [1.54, 1.807) is 48.5 Å². The molecule has 3 rings (SSSR count). The molecule has 0 spiro atoms. The van der Waals surface area contributed by atoms with Crippen LogP contribution < -0.4 is 0 Å². The molecule has 0 fully saturated rings. The van der Waals surface area contributed by atoms with Crippen LogP contribution in [-0.4, -0.2) is 21.6 Å². The molecule has 4 nitrogen and oxygen atoms in total. The minimum Gasteiger partial charge on any atom is -0.508 e. The standard InChI is InChI=1S/C24H22N2O2/c1-17(25-20-8-12-22(27)13-9-20)24(16-19-6-4-3-5-7-19)18(2)26-21-10-14-23(28)15-11-21/h3-16,27-28H,1-2H3. The van der Waals surface area contributed by atoms with Gasteiger partial charge in [-0.15, -0.1) is 0 Å². The van der Waals surface area contributed by atoms with Gasteiger partial charge in [-0.05, 0) is 74.0 Å². The van der Waals surface area contributed by atoms with Crippen LogP contribution in [0.15, 0.2) is 94.4 Å². The molecule has 4 heteroatoms. The maximum atomic E-state index is 9.47. The highest BCUT2D eigenvalue weighted by Crippen LogP contribution is 2.22. The Morgan fingerprint density at radius 3 is 1.50 bits per heavy atom. The largest absolute Gasteiger partial charge is 0.508 e. The summed E-state index contributed by atoms with van der Waals surface area (Å²) < 4.78 is 0. The van der Waals surface area contributed by atoms with E-state index in [2.05, 4.69) is 16.1 Å². The second-order valence-corrected chi connectivity index (χ2v) is 6.40. The molecule has 3 aromatic carbocycles. The SMILES string of the molecule is CC(=Nc1ccc(O)cc1)C(=Cc1ccccc1)C(C)=Nc1ccc(O)cc1. The first-order valence-electron chi connectivity index (χ1n) is 8.97. The Kier molecular flexibility index (Phi) is 6.02. The van der Waals surface area contributed by atoms with Crippen LogP contribution in [0.2, 0.25) is 0 Å². The van der Waals surface area contributed by atoms with Gasteiger partial charge in [-0.3, -0.25) is 9.98 Å². The molecule has 2 N–H and O–H groups in total. The average molecular weight is 370 g/mol. The summed E-state index contributed by atoms with van der Waals surface area (Å²) in [6.07, 6.45) is 2.05. The normalized spacial score (nSPS) is 11.9. The van der Waals surface area contributed by atoms with Gasteiger partial charge >= 0.3 is 0 Å². The lowest BCUT2D eigenvalue weighted by molar-refractivity contribution is 0.475. The van der Waals surface area contributed by atoms with E-state index < -0.39 is 0 Å². The highest BCUT2D eigenvalue weighted by Gasteiger charge is 2.08. The second-order valence-electron chi connectivity index (χ2n) is 6.40. The zero-order valence-electron chi connectivity index (χ0n) is 15.9. The third-order valence-corrected chi connectivity index (χ3v) is 4.18. The number of rotatable bonds is 5. The first-order chi connectivity index (χ1) is 13.5. The molecule has 0 aromatic heterocycles. The summed E-state index contributed by atoms with van der Waals surface area (Å²) in [6.45, 7) is 3.88. The van der Waals surface area contributed by atoms with E-state index in [0.29, 0.717) is 0 Å². The molecule has 0 saturated carbocycles. The van der Waals surface area contributed by atoms with Gasteiger partial charge in [-0.2, -0.15) is 0 Å². The van der Waals surface area contributed by atoms with Crippen LogP contribution in [0.5, 0.6) is 11.5 Å². The Balaban J connectivity index is 2.02. The lowest BCUT2D eigenvalue weighted by atomic mass is 10.0. The number of nitrogens with zero attached hydrogens (tertiary/aromatic N) is 2. The Morgan fingerprint density at radius 2 is 1.07 bits per heavy atom. The summed E-state index contributed by atoms with van der Waals surface area (Å²) >= 11 is 0. The van der Waals surface area contributed by atoms with E-state index in [4.69, 9.17) is 0 Å². The molecule has 3 aromatic rings. The van der Waals surface area contributed by atoms with Crippen molar-refractivity contribution in [2.24, 2.45) is 9.98 Å². The molecule has 0 unspecified atom stereocenters. The number of aromatic hydroxyl groups is 2. The molecular formula is C24H22N2O2. The molecule has 0 heterocycles. The molecule has 0 aliphatic carbocycles. The molecule has 140 valence electrons. The van der Waals surface area contributed by atoms with Crippen LogP contribution in [-0.2, 0) is 0 Å². The number of allylic oxidation sites excluding steroid dienone is 1. The molecule has 0 aliphatic rings. The molecule has 0 bridgehead atoms. The maximum absolute atomic E-state index is 9.47. The minimum absolute atomic E-state index is 0.210. The van der Waals surface area contributed by atoms with Crippen LogP contribution >= 0.6 is 0 Å². The van der Waals surface area contributed by atoms with Gasteiger partial charge in [-0.25, -0.2) is 0 Å². The van der Waals surface area contributed by atoms with E-state index in [1.165, 1.54) is 0 Å². The topological polar surface area (TPSA) is 65.2 Å². The summed E-state index contributed by atoms with van der Waals surface area (Å²) in [5.41, 5.74) is 5.10. The number of phenolic OH excluding ortho intramolecular Hbond substituents is 2. The Hall–Kier alpha value is -3.66. The van der Waals surface area contributed by atoms with Crippen LogP contribution in [0.3, 0.4) is 0 Å².